The Hall–Kier alpha value is -0.410. The molecule has 1 saturated carbocycles. The highest BCUT2D eigenvalue weighted by atomic mass is 79.9. The fourth-order valence-electron chi connectivity index (χ4n) is 1.28. The van der Waals surface area contributed by atoms with Crippen molar-refractivity contribution in [2.45, 2.75) is 19.3 Å². The second-order valence-electron chi connectivity index (χ2n) is 3.51. The van der Waals surface area contributed by atoms with Crippen molar-refractivity contribution >= 4 is 33.3 Å². The summed E-state index contributed by atoms with van der Waals surface area (Å²) in [5, 5.41) is 0.610. The first-order chi connectivity index (χ1) is 6.66. The van der Waals surface area contributed by atoms with E-state index in [1.54, 1.807) is 12.3 Å². The van der Waals surface area contributed by atoms with Crippen LogP contribution in [-0.4, -0.2) is 10.8 Å². The second-order valence-corrected chi connectivity index (χ2v) is 4.77. The highest BCUT2D eigenvalue weighted by Gasteiger charge is 2.29. The molecule has 0 amide bonds. The maximum Gasteiger partial charge on any atom is 0.141 e. The van der Waals surface area contributed by atoms with E-state index in [1.165, 1.54) is 0 Å². The number of aromatic nitrogens is 1. The molecule has 2 rings (SSSR count). The average Bonchev–Trinajstić information content (AvgIpc) is 2.94. The van der Waals surface area contributed by atoms with Crippen LogP contribution in [0.5, 0.6) is 0 Å². The summed E-state index contributed by atoms with van der Waals surface area (Å²) in [6, 6.07) is 1.74. The van der Waals surface area contributed by atoms with Gasteiger partial charge in [0.1, 0.15) is 5.78 Å². The van der Waals surface area contributed by atoms with E-state index in [0.29, 0.717) is 17.4 Å². The second kappa shape index (κ2) is 3.99. The van der Waals surface area contributed by atoms with Gasteiger partial charge in [-0.2, -0.15) is 0 Å². The fraction of sp³-hybridized carbons (Fsp3) is 0.400. The molecule has 0 aromatic carbocycles. The van der Waals surface area contributed by atoms with Gasteiger partial charge in [0.25, 0.3) is 0 Å². The number of rotatable bonds is 3. The normalized spacial score (nSPS) is 15.6. The van der Waals surface area contributed by atoms with Gasteiger partial charge in [-0.3, -0.25) is 9.78 Å². The molecule has 0 unspecified atom stereocenters. The predicted octanol–water partition coefficient (Wildman–Crippen LogP) is 3.02. The lowest BCUT2D eigenvalue weighted by Gasteiger charge is -2.00. The smallest absolute Gasteiger partial charge is 0.141 e. The van der Waals surface area contributed by atoms with Crippen molar-refractivity contribution in [2.75, 3.05) is 0 Å². The first-order valence-electron chi connectivity index (χ1n) is 4.49. The number of ketones is 1. The average molecular weight is 275 g/mol. The van der Waals surface area contributed by atoms with Crippen molar-refractivity contribution < 1.29 is 4.79 Å². The Labute approximate surface area is 95.8 Å². The maximum atomic E-state index is 11.5. The Kier molecular flexibility index (Phi) is 2.88. The molecule has 1 aliphatic carbocycles. The molecule has 4 heteroatoms. The molecule has 0 saturated heterocycles. The minimum absolute atomic E-state index is 0.288. The molecule has 0 aliphatic heterocycles. The molecular weight excluding hydrogens is 265 g/mol. The number of Topliss-reactive ketones (excluding diaryl/α,β-unsaturated/α-hetero) is 1. The molecule has 1 heterocycles. The van der Waals surface area contributed by atoms with Gasteiger partial charge < -0.3 is 0 Å². The summed E-state index contributed by atoms with van der Waals surface area (Å²) in [6.45, 7) is 0. The zero-order valence-corrected chi connectivity index (χ0v) is 9.81. The zero-order chi connectivity index (χ0) is 10.1. The Morgan fingerprint density at radius 3 is 2.93 bits per heavy atom. The summed E-state index contributed by atoms with van der Waals surface area (Å²) in [5.74, 6) is 0.579. The first kappa shape index (κ1) is 10.1. The molecule has 0 atom stereocenters. The number of carbonyl (C=O) groups is 1. The lowest BCUT2D eigenvalue weighted by Crippen LogP contribution is -2.06. The Balaban J connectivity index is 2.08. The predicted molar refractivity (Wildman–Crippen MR) is 58.4 cm³/mol. The van der Waals surface area contributed by atoms with Gasteiger partial charge >= 0.3 is 0 Å². The number of halogens is 2. The Bertz CT molecular complexity index is 376. The fourth-order valence-corrected chi connectivity index (χ4v) is 1.67. The third kappa shape index (κ3) is 2.34. The van der Waals surface area contributed by atoms with Crippen LogP contribution >= 0.6 is 27.5 Å². The molecule has 14 heavy (non-hydrogen) atoms. The minimum Gasteiger partial charge on any atom is -0.299 e. The molecule has 2 nitrogen and oxygen atoms in total. The summed E-state index contributed by atoms with van der Waals surface area (Å²) in [7, 11) is 0. The van der Waals surface area contributed by atoms with E-state index >= 15 is 0 Å². The lowest BCUT2D eigenvalue weighted by atomic mass is 10.1. The van der Waals surface area contributed by atoms with E-state index in [-0.39, 0.29) is 5.78 Å². The van der Waals surface area contributed by atoms with Crippen molar-refractivity contribution in [1.82, 2.24) is 4.98 Å². The SMILES string of the molecule is O=C(Cc1cc(Cl)c(Br)cn1)C1CC1. The molecule has 0 spiro atoms. The standard InChI is InChI=1S/C10H9BrClNO/c11-8-5-13-7(3-9(8)12)4-10(14)6-1-2-6/h3,5-6H,1-2,4H2. The van der Waals surface area contributed by atoms with Gasteiger partial charge in [0, 0.05) is 24.2 Å². The number of carbonyl (C=O) groups excluding carboxylic acids is 1. The largest absolute Gasteiger partial charge is 0.299 e. The van der Waals surface area contributed by atoms with Crippen LogP contribution in [0.4, 0.5) is 0 Å². The highest BCUT2D eigenvalue weighted by Crippen LogP contribution is 2.31. The highest BCUT2D eigenvalue weighted by molar-refractivity contribution is 9.10. The number of pyridine rings is 1. The molecule has 1 aromatic rings. The Morgan fingerprint density at radius 1 is 1.64 bits per heavy atom. The van der Waals surface area contributed by atoms with Crippen LogP contribution in [0.3, 0.4) is 0 Å². The quantitative estimate of drug-likeness (QED) is 0.848. The van der Waals surface area contributed by atoms with Gasteiger partial charge in [-0.25, -0.2) is 0 Å². The minimum atomic E-state index is 0.288. The number of nitrogens with zero attached hydrogens (tertiary/aromatic N) is 1. The van der Waals surface area contributed by atoms with Crippen molar-refractivity contribution in [3.8, 4) is 0 Å². The first-order valence-corrected chi connectivity index (χ1v) is 5.66. The molecule has 0 radical (unpaired) electrons. The van der Waals surface area contributed by atoms with E-state index in [1.807, 2.05) is 0 Å². The van der Waals surface area contributed by atoms with Crippen LogP contribution in [0.2, 0.25) is 5.02 Å². The van der Waals surface area contributed by atoms with E-state index in [4.69, 9.17) is 11.6 Å². The van der Waals surface area contributed by atoms with Gasteiger partial charge in [-0.05, 0) is 34.8 Å². The zero-order valence-electron chi connectivity index (χ0n) is 7.46. The molecule has 1 aromatic heterocycles. The van der Waals surface area contributed by atoms with Gasteiger partial charge in [-0.15, -0.1) is 0 Å². The monoisotopic (exact) mass is 273 g/mol. The van der Waals surface area contributed by atoms with Crippen LogP contribution < -0.4 is 0 Å². The number of hydrogen-bond donors (Lipinski definition) is 0. The lowest BCUT2D eigenvalue weighted by molar-refractivity contribution is -0.119. The van der Waals surface area contributed by atoms with Crippen molar-refractivity contribution in [2.24, 2.45) is 5.92 Å². The van der Waals surface area contributed by atoms with Crippen LogP contribution in [0, 0.1) is 5.92 Å². The Morgan fingerprint density at radius 2 is 2.36 bits per heavy atom. The summed E-state index contributed by atoms with van der Waals surface area (Å²) in [4.78, 5) is 15.6. The third-order valence-electron chi connectivity index (χ3n) is 2.25. The molecule has 0 N–H and O–H groups in total. The van der Waals surface area contributed by atoms with Gasteiger partial charge in [0.2, 0.25) is 0 Å². The molecule has 1 fully saturated rings. The van der Waals surface area contributed by atoms with Crippen LogP contribution in [-0.2, 0) is 11.2 Å². The summed E-state index contributed by atoms with van der Waals surface area (Å²) < 4.78 is 0.766. The van der Waals surface area contributed by atoms with Gasteiger partial charge in [0.15, 0.2) is 0 Å². The maximum absolute atomic E-state index is 11.5. The molecular formula is C10H9BrClNO. The summed E-state index contributed by atoms with van der Waals surface area (Å²) in [6.07, 6.45) is 4.14. The van der Waals surface area contributed by atoms with Crippen molar-refractivity contribution in [3.05, 3.63) is 27.5 Å². The van der Waals surface area contributed by atoms with Crippen LogP contribution in [0.25, 0.3) is 0 Å². The van der Waals surface area contributed by atoms with Gasteiger partial charge in [-0.1, -0.05) is 11.6 Å². The summed E-state index contributed by atoms with van der Waals surface area (Å²) >= 11 is 9.15. The van der Waals surface area contributed by atoms with Crippen molar-refractivity contribution in [3.63, 3.8) is 0 Å². The van der Waals surface area contributed by atoms with E-state index < -0.39 is 0 Å². The molecule has 74 valence electrons. The molecule has 1 aliphatic rings. The molecule has 0 bridgehead atoms. The van der Waals surface area contributed by atoms with Gasteiger partial charge in [0.05, 0.1) is 9.50 Å². The van der Waals surface area contributed by atoms with E-state index in [0.717, 1.165) is 23.0 Å². The van der Waals surface area contributed by atoms with E-state index in [2.05, 4.69) is 20.9 Å². The number of hydrogen-bond acceptors (Lipinski definition) is 2. The third-order valence-corrected chi connectivity index (χ3v) is 3.43. The van der Waals surface area contributed by atoms with Crippen LogP contribution in [0.15, 0.2) is 16.7 Å². The van der Waals surface area contributed by atoms with E-state index in [9.17, 15) is 4.79 Å². The van der Waals surface area contributed by atoms with Crippen LogP contribution in [0.1, 0.15) is 18.5 Å². The van der Waals surface area contributed by atoms with Crippen molar-refractivity contribution in [1.29, 1.82) is 0 Å². The summed E-state index contributed by atoms with van der Waals surface area (Å²) in [5.41, 5.74) is 0.759. The topological polar surface area (TPSA) is 30.0 Å².